The molecular weight excluding hydrogens is 272 g/mol. The van der Waals surface area contributed by atoms with E-state index in [4.69, 9.17) is 11.6 Å². The van der Waals surface area contributed by atoms with Gasteiger partial charge in [0.1, 0.15) is 11.6 Å². The Balaban J connectivity index is 2.30. The van der Waals surface area contributed by atoms with E-state index in [2.05, 4.69) is 16.5 Å². The highest BCUT2D eigenvalue weighted by atomic mass is 35.5. The number of hydrogen-bond acceptors (Lipinski definition) is 2. The van der Waals surface area contributed by atoms with E-state index in [-0.39, 0.29) is 5.75 Å². The van der Waals surface area contributed by atoms with Crippen LogP contribution in [0.25, 0.3) is 22.4 Å². The molecular formula is C16H15ClN2O. The van der Waals surface area contributed by atoms with Gasteiger partial charge in [0.2, 0.25) is 0 Å². The molecule has 0 aliphatic rings. The van der Waals surface area contributed by atoms with E-state index in [9.17, 15) is 5.11 Å². The lowest BCUT2D eigenvalue weighted by atomic mass is 10.2. The van der Waals surface area contributed by atoms with Crippen LogP contribution in [0.15, 0.2) is 42.5 Å². The van der Waals surface area contributed by atoms with E-state index in [1.54, 1.807) is 12.1 Å². The van der Waals surface area contributed by atoms with Crippen LogP contribution < -0.4 is 0 Å². The van der Waals surface area contributed by atoms with Crippen molar-refractivity contribution >= 4 is 22.6 Å². The Kier molecular flexibility index (Phi) is 3.36. The molecule has 20 heavy (non-hydrogen) atoms. The number of nitrogens with zero attached hydrogens (tertiary/aromatic N) is 2. The van der Waals surface area contributed by atoms with Crippen LogP contribution in [-0.4, -0.2) is 14.7 Å². The molecule has 0 bridgehead atoms. The Morgan fingerprint density at radius 1 is 1.20 bits per heavy atom. The molecule has 0 saturated carbocycles. The molecule has 3 aromatic rings. The minimum Gasteiger partial charge on any atom is -0.508 e. The van der Waals surface area contributed by atoms with Crippen LogP contribution in [0.4, 0.5) is 0 Å². The molecule has 1 aromatic heterocycles. The highest BCUT2D eigenvalue weighted by Crippen LogP contribution is 2.30. The molecule has 0 aliphatic carbocycles. The number of aromatic hydroxyl groups is 1. The van der Waals surface area contributed by atoms with E-state index in [0.29, 0.717) is 5.02 Å². The van der Waals surface area contributed by atoms with Crippen molar-refractivity contribution in [3.05, 3.63) is 47.5 Å². The van der Waals surface area contributed by atoms with Gasteiger partial charge in [0.15, 0.2) is 0 Å². The number of halogens is 1. The first-order chi connectivity index (χ1) is 9.70. The molecule has 4 heteroatoms. The Morgan fingerprint density at radius 2 is 2.00 bits per heavy atom. The number of phenols is 1. The molecule has 0 atom stereocenters. The second-order valence-corrected chi connectivity index (χ2v) is 5.15. The van der Waals surface area contributed by atoms with Gasteiger partial charge in [-0.15, -0.1) is 0 Å². The molecule has 1 N–H and O–H groups in total. The summed E-state index contributed by atoms with van der Waals surface area (Å²) in [5, 5.41) is 10.4. The number of benzene rings is 2. The molecule has 102 valence electrons. The molecule has 0 amide bonds. The summed E-state index contributed by atoms with van der Waals surface area (Å²) < 4.78 is 2.12. The van der Waals surface area contributed by atoms with E-state index in [0.717, 1.165) is 35.4 Å². The van der Waals surface area contributed by atoms with Crippen LogP contribution in [0, 0.1) is 0 Å². The summed E-state index contributed by atoms with van der Waals surface area (Å²) in [5.74, 6) is 1.08. The topological polar surface area (TPSA) is 38.0 Å². The second-order valence-electron chi connectivity index (χ2n) is 4.74. The standard InChI is InChI=1S/C16H15ClN2O/c1-2-9-19-15-13(17)7-4-8-14(15)18-16(19)11-5-3-6-12(20)10-11/h3-8,10,20H,2,9H2,1H3. The lowest BCUT2D eigenvalue weighted by molar-refractivity contribution is 0.475. The fourth-order valence-corrected chi connectivity index (χ4v) is 2.72. The minimum absolute atomic E-state index is 0.240. The third-order valence-corrected chi connectivity index (χ3v) is 3.57. The fourth-order valence-electron chi connectivity index (χ4n) is 2.45. The van der Waals surface area contributed by atoms with E-state index in [1.807, 2.05) is 30.3 Å². The molecule has 3 rings (SSSR count). The summed E-state index contributed by atoms with van der Waals surface area (Å²) in [6.07, 6.45) is 0.989. The zero-order valence-corrected chi connectivity index (χ0v) is 11.9. The summed E-state index contributed by atoms with van der Waals surface area (Å²) in [6, 6.07) is 12.9. The van der Waals surface area contributed by atoms with E-state index in [1.165, 1.54) is 0 Å². The van der Waals surface area contributed by atoms with Crippen LogP contribution in [0.3, 0.4) is 0 Å². The van der Waals surface area contributed by atoms with Gasteiger partial charge in [-0.25, -0.2) is 4.98 Å². The van der Waals surface area contributed by atoms with Crippen LogP contribution in [0.2, 0.25) is 5.02 Å². The third kappa shape index (κ3) is 2.14. The van der Waals surface area contributed by atoms with Crippen LogP contribution >= 0.6 is 11.6 Å². The summed E-state index contributed by atoms with van der Waals surface area (Å²) in [4.78, 5) is 4.67. The van der Waals surface area contributed by atoms with E-state index < -0.39 is 0 Å². The van der Waals surface area contributed by atoms with Crippen molar-refractivity contribution in [1.29, 1.82) is 0 Å². The molecule has 0 spiro atoms. The van der Waals surface area contributed by atoms with Gasteiger partial charge in [-0.3, -0.25) is 0 Å². The lowest BCUT2D eigenvalue weighted by Gasteiger charge is -2.08. The fraction of sp³-hybridized carbons (Fsp3) is 0.188. The Bertz CT molecular complexity index is 764. The van der Waals surface area contributed by atoms with E-state index >= 15 is 0 Å². The van der Waals surface area contributed by atoms with Crippen LogP contribution in [0.5, 0.6) is 5.75 Å². The summed E-state index contributed by atoms with van der Waals surface area (Å²) in [6.45, 7) is 2.96. The van der Waals surface area contributed by atoms with Gasteiger partial charge in [-0.1, -0.05) is 36.7 Å². The third-order valence-electron chi connectivity index (χ3n) is 3.27. The molecule has 1 heterocycles. The number of fused-ring (bicyclic) bond motifs is 1. The molecule has 3 nitrogen and oxygen atoms in total. The van der Waals surface area contributed by atoms with Crippen molar-refractivity contribution in [2.45, 2.75) is 19.9 Å². The number of rotatable bonds is 3. The Morgan fingerprint density at radius 3 is 2.75 bits per heavy atom. The quantitative estimate of drug-likeness (QED) is 0.771. The SMILES string of the molecule is CCCn1c(-c2cccc(O)c2)nc2cccc(Cl)c21. The number of imidazole rings is 1. The predicted molar refractivity (Wildman–Crippen MR) is 82.1 cm³/mol. The lowest BCUT2D eigenvalue weighted by Crippen LogP contribution is -2.00. The smallest absolute Gasteiger partial charge is 0.141 e. The normalized spacial score (nSPS) is 11.1. The van der Waals surface area contributed by atoms with Crippen molar-refractivity contribution in [3.63, 3.8) is 0 Å². The summed E-state index contributed by atoms with van der Waals surface area (Å²) in [7, 11) is 0. The van der Waals surface area contributed by atoms with Crippen molar-refractivity contribution in [2.75, 3.05) is 0 Å². The maximum absolute atomic E-state index is 9.66. The zero-order valence-electron chi connectivity index (χ0n) is 11.2. The average molecular weight is 287 g/mol. The first-order valence-electron chi connectivity index (χ1n) is 6.65. The summed E-state index contributed by atoms with van der Waals surface area (Å²) in [5.41, 5.74) is 2.73. The number of hydrogen-bond donors (Lipinski definition) is 1. The zero-order chi connectivity index (χ0) is 14.1. The van der Waals surface area contributed by atoms with Crippen molar-refractivity contribution in [3.8, 4) is 17.1 Å². The number of aryl methyl sites for hydroxylation is 1. The molecule has 0 aliphatic heterocycles. The maximum atomic E-state index is 9.66. The van der Waals surface area contributed by atoms with Crippen molar-refractivity contribution in [1.82, 2.24) is 9.55 Å². The van der Waals surface area contributed by atoms with Crippen LogP contribution in [-0.2, 0) is 6.54 Å². The van der Waals surface area contributed by atoms with Gasteiger partial charge in [0, 0.05) is 12.1 Å². The molecule has 0 saturated heterocycles. The maximum Gasteiger partial charge on any atom is 0.141 e. The number of para-hydroxylation sites is 1. The molecule has 2 aromatic carbocycles. The summed E-state index contributed by atoms with van der Waals surface area (Å²) >= 11 is 6.32. The van der Waals surface area contributed by atoms with Crippen LogP contribution in [0.1, 0.15) is 13.3 Å². The largest absolute Gasteiger partial charge is 0.508 e. The first kappa shape index (κ1) is 13.0. The minimum atomic E-state index is 0.240. The first-order valence-corrected chi connectivity index (χ1v) is 7.02. The van der Waals surface area contributed by atoms with Gasteiger partial charge < -0.3 is 9.67 Å². The molecule has 0 fully saturated rings. The average Bonchev–Trinajstić information content (AvgIpc) is 2.80. The van der Waals surface area contributed by atoms with Gasteiger partial charge >= 0.3 is 0 Å². The Labute approximate surface area is 122 Å². The number of phenolic OH excluding ortho intramolecular Hbond substituents is 1. The Hall–Kier alpha value is -2.00. The second kappa shape index (κ2) is 5.17. The number of aromatic nitrogens is 2. The predicted octanol–water partition coefficient (Wildman–Crippen LogP) is 4.47. The van der Waals surface area contributed by atoms with Gasteiger partial charge in [0.25, 0.3) is 0 Å². The van der Waals surface area contributed by atoms with Crippen molar-refractivity contribution in [2.24, 2.45) is 0 Å². The highest BCUT2D eigenvalue weighted by molar-refractivity contribution is 6.35. The molecule has 0 unspecified atom stereocenters. The molecule has 0 radical (unpaired) electrons. The van der Waals surface area contributed by atoms with Gasteiger partial charge in [-0.05, 0) is 30.7 Å². The van der Waals surface area contributed by atoms with Crippen molar-refractivity contribution < 1.29 is 5.11 Å². The monoisotopic (exact) mass is 286 g/mol. The van der Waals surface area contributed by atoms with Gasteiger partial charge in [-0.2, -0.15) is 0 Å². The van der Waals surface area contributed by atoms with Gasteiger partial charge in [0.05, 0.1) is 16.1 Å². The highest BCUT2D eigenvalue weighted by Gasteiger charge is 2.14.